The molecule has 2 aromatic rings. The third kappa shape index (κ3) is 4.18. The zero-order valence-electron chi connectivity index (χ0n) is 12.4. The number of aryl methyl sites for hydroxylation is 1. The van der Waals surface area contributed by atoms with Gasteiger partial charge < -0.3 is 14.5 Å². The van der Waals surface area contributed by atoms with Gasteiger partial charge in [-0.05, 0) is 19.1 Å². The molecule has 116 valence electrons. The maximum absolute atomic E-state index is 11.7. The number of nitrogens with zero attached hydrogens (tertiary/aromatic N) is 1. The molecule has 0 radical (unpaired) electrons. The van der Waals surface area contributed by atoms with Gasteiger partial charge in [-0.2, -0.15) is 0 Å². The normalized spacial score (nSPS) is 11.9. The van der Waals surface area contributed by atoms with Gasteiger partial charge in [-0.3, -0.25) is 9.59 Å². The molecule has 1 amide bonds. The zero-order chi connectivity index (χ0) is 15.9. The quantitative estimate of drug-likeness (QED) is 0.625. The Labute approximate surface area is 128 Å². The Balaban J connectivity index is 1.82. The highest BCUT2D eigenvalue weighted by atomic mass is 16.5. The van der Waals surface area contributed by atoms with E-state index in [1.54, 1.807) is 6.08 Å². The molecule has 1 aromatic carbocycles. The van der Waals surface area contributed by atoms with Crippen LogP contribution in [-0.2, 0) is 20.7 Å². The Morgan fingerprint density at radius 3 is 2.95 bits per heavy atom. The number of amides is 1. The number of carbonyl (C=O) groups is 2. The summed E-state index contributed by atoms with van der Waals surface area (Å²) in [7, 11) is 0. The fourth-order valence-electron chi connectivity index (χ4n) is 1.86. The maximum Gasteiger partial charge on any atom is 0.307 e. The number of carbonyl (C=O) groups excluding carboxylic acids is 2. The molecular weight excluding hydrogens is 284 g/mol. The molecule has 6 heteroatoms. The molecule has 1 aromatic heterocycles. The van der Waals surface area contributed by atoms with E-state index < -0.39 is 12.1 Å². The molecule has 0 aliphatic carbocycles. The summed E-state index contributed by atoms with van der Waals surface area (Å²) in [6.45, 7) is 5.35. The maximum atomic E-state index is 11.7. The first-order valence-electron chi connectivity index (χ1n) is 7.02. The molecule has 0 saturated carbocycles. The Bertz CT molecular complexity index is 645. The summed E-state index contributed by atoms with van der Waals surface area (Å²) in [5.74, 6) is -0.347. The molecule has 0 fully saturated rings. The fraction of sp³-hybridized carbons (Fsp3) is 0.312. The molecule has 0 bridgehead atoms. The van der Waals surface area contributed by atoms with Crippen LogP contribution in [0.1, 0.15) is 19.2 Å². The standard InChI is InChI=1S/C16H18N2O4/c1-3-10-17-16(20)11(2)21-15(19)9-8-14-18-12-6-4-5-7-13(12)22-14/h3-7,11H,1,8-10H2,2H3,(H,17,20)/t11-/m0/s1. The van der Waals surface area contributed by atoms with E-state index in [9.17, 15) is 9.59 Å². The van der Waals surface area contributed by atoms with Gasteiger partial charge in [-0.25, -0.2) is 4.98 Å². The number of hydrogen-bond acceptors (Lipinski definition) is 5. The van der Waals surface area contributed by atoms with Crippen molar-refractivity contribution in [1.82, 2.24) is 10.3 Å². The average Bonchev–Trinajstić information content (AvgIpc) is 2.93. The summed E-state index contributed by atoms with van der Waals surface area (Å²) in [6.07, 6.45) is 1.15. The van der Waals surface area contributed by atoms with Crippen molar-refractivity contribution >= 4 is 23.0 Å². The minimum atomic E-state index is -0.837. The molecule has 0 saturated heterocycles. The van der Waals surface area contributed by atoms with Crippen LogP contribution in [0.15, 0.2) is 41.3 Å². The Morgan fingerprint density at radius 2 is 2.23 bits per heavy atom. The van der Waals surface area contributed by atoms with E-state index in [4.69, 9.17) is 9.15 Å². The number of esters is 1. The highest BCUT2D eigenvalue weighted by molar-refractivity contribution is 5.83. The van der Waals surface area contributed by atoms with Crippen LogP contribution in [0.25, 0.3) is 11.1 Å². The molecule has 2 rings (SSSR count). The van der Waals surface area contributed by atoms with E-state index in [0.29, 0.717) is 24.4 Å². The van der Waals surface area contributed by atoms with Crippen LogP contribution < -0.4 is 5.32 Å². The minimum absolute atomic E-state index is 0.103. The van der Waals surface area contributed by atoms with Gasteiger partial charge in [0.05, 0.1) is 6.42 Å². The number of aromatic nitrogens is 1. The third-order valence-corrected chi connectivity index (χ3v) is 2.98. The first-order valence-corrected chi connectivity index (χ1v) is 7.02. The lowest BCUT2D eigenvalue weighted by Crippen LogP contribution is -2.35. The van der Waals surface area contributed by atoms with Gasteiger partial charge in [0.2, 0.25) is 0 Å². The minimum Gasteiger partial charge on any atom is -0.453 e. The van der Waals surface area contributed by atoms with Crippen molar-refractivity contribution in [2.75, 3.05) is 6.54 Å². The van der Waals surface area contributed by atoms with Crippen molar-refractivity contribution in [3.63, 3.8) is 0 Å². The van der Waals surface area contributed by atoms with E-state index in [1.165, 1.54) is 6.92 Å². The molecule has 0 aliphatic heterocycles. The van der Waals surface area contributed by atoms with E-state index in [2.05, 4.69) is 16.9 Å². The first-order chi connectivity index (χ1) is 10.6. The van der Waals surface area contributed by atoms with E-state index in [-0.39, 0.29) is 12.3 Å². The SMILES string of the molecule is C=CCNC(=O)[C@H](C)OC(=O)CCc1nc2ccccc2o1. The number of fused-ring (bicyclic) bond motifs is 1. The number of benzene rings is 1. The van der Waals surface area contributed by atoms with Crippen molar-refractivity contribution in [3.05, 3.63) is 42.8 Å². The summed E-state index contributed by atoms with van der Waals surface area (Å²) in [5.41, 5.74) is 1.44. The third-order valence-electron chi connectivity index (χ3n) is 2.98. The number of para-hydroxylation sites is 2. The van der Waals surface area contributed by atoms with Crippen molar-refractivity contribution in [1.29, 1.82) is 0 Å². The lowest BCUT2D eigenvalue weighted by atomic mass is 10.3. The van der Waals surface area contributed by atoms with Crippen molar-refractivity contribution in [2.24, 2.45) is 0 Å². The van der Waals surface area contributed by atoms with Gasteiger partial charge in [0.1, 0.15) is 5.52 Å². The Morgan fingerprint density at radius 1 is 1.45 bits per heavy atom. The smallest absolute Gasteiger partial charge is 0.307 e. The van der Waals surface area contributed by atoms with Crippen LogP contribution in [-0.4, -0.2) is 29.5 Å². The molecule has 1 N–H and O–H groups in total. The Kier molecular flexibility index (Phi) is 5.30. The molecule has 1 atom stereocenters. The summed E-state index contributed by atoms with van der Waals surface area (Å²) in [4.78, 5) is 27.6. The predicted molar refractivity (Wildman–Crippen MR) is 81.1 cm³/mol. The lowest BCUT2D eigenvalue weighted by molar-refractivity contribution is -0.154. The van der Waals surface area contributed by atoms with Gasteiger partial charge in [0, 0.05) is 13.0 Å². The lowest BCUT2D eigenvalue weighted by Gasteiger charge is -2.12. The number of nitrogens with one attached hydrogen (secondary N) is 1. The summed E-state index contributed by atoms with van der Waals surface area (Å²) in [5, 5.41) is 2.56. The van der Waals surface area contributed by atoms with Crippen molar-refractivity contribution in [2.45, 2.75) is 25.9 Å². The number of oxazole rings is 1. The van der Waals surface area contributed by atoms with Crippen LogP contribution in [0.5, 0.6) is 0 Å². The second kappa shape index (κ2) is 7.40. The molecule has 0 unspecified atom stereocenters. The predicted octanol–water partition coefficient (Wildman–Crippen LogP) is 1.99. The topological polar surface area (TPSA) is 81.4 Å². The summed E-state index contributed by atoms with van der Waals surface area (Å²) in [6, 6.07) is 7.38. The van der Waals surface area contributed by atoms with E-state index in [1.807, 2.05) is 24.3 Å². The molecule has 0 aliphatic rings. The fourth-order valence-corrected chi connectivity index (χ4v) is 1.86. The number of hydrogen-bond donors (Lipinski definition) is 1. The van der Waals surface area contributed by atoms with Gasteiger partial charge in [-0.1, -0.05) is 18.2 Å². The van der Waals surface area contributed by atoms with Gasteiger partial charge in [0.15, 0.2) is 17.6 Å². The van der Waals surface area contributed by atoms with Crippen LogP contribution in [0, 0.1) is 0 Å². The van der Waals surface area contributed by atoms with Gasteiger partial charge in [-0.15, -0.1) is 6.58 Å². The molecular formula is C16H18N2O4. The molecule has 22 heavy (non-hydrogen) atoms. The highest BCUT2D eigenvalue weighted by Crippen LogP contribution is 2.15. The largest absolute Gasteiger partial charge is 0.453 e. The van der Waals surface area contributed by atoms with Crippen molar-refractivity contribution < 1.29 is 18.7 Å². The van der Waals surface area contributed by atoms with E-state index in [0.717, 1.165) is 5.52 Å². The van der Waals surface area contributed by atoms with Crippen LogP contribution in [0.2, 0.25) is 0 Å². The molecule has 0 spiro atoms. The Hall–Kier alpha value is -2.63. The number of rotatable bonds is 7. The van der Waals surface area contributed by atoms with E-state index >= 15 is 0 Å². The molecule has 6 nitrogen and oxygen atoms in total. The monoisotopic (exact) mass is 302 g/mol. The summed E-state index contributed by atoms with van der Waals surface area (Å²) < 4.78 is 10.6. The van der Waals surface area contributed by atoms with Crippen LogP contribution in [0.3, 0.4) is 0 Å². The van der Waals surface area contributed by atoms with Crippen molar-refractivity contribution in [3.8, 4) is 0 Å². The zero-order valence-corrected chi connectivity index (χ0v) is 12.4. The average molecular weight is 302 g/mol. The highest BCUT2D eigenvalue weighted by Gasteiger charge is 2.17. The molecule has 1 heterocycles. The van der Waals surface area contributed by atoms with Gasteiger partial charge in [0.25, 0.3) is 5.91 Å². The van der Waals surface area contributed by atoms with Gasteiger partial charge >= 0.3 is 5.97 Å². The summed E-state index contributed by atoms with van der Waals surface area (Å²) >= 11 is 0. The number of ether oxygens (including phenoxy) is 1. The first kappa shape index (κ1) is 15.8. The van der Waals surface area contributed by atoms with Crippen LogP contribution >= 0.6 is 0 Å². The second-order valence-corrected chi connectivity index (χ2v) is 4.74. The van der Waals surface area contributed by atoms with Crippen LogP contribution in [0.4, 0.5) is 0 Å². The second-order valence-electron chi connectivity index (χ2n) is 4.74.